The summed E-state index contributed by atoms with van der Waals surface area (Å²) in [5, 5.41) is 17.5. The Morgan fingerprint density at radius 2 is 2.00 bits per heavy atom. The molecule has 15 heavy (non-hydrogen) atoms. The van der Waals surface area contributed by atoms with Crippen LogP contribution in [-0.4, -0.2) is 36.1 Å². The van der Waals surface area contributed by atoms with Crippen LogP contribution in [0.2, 0.25) is 0 Å². The van der Waals surface area contributed by atoms with Crippen LogP contribution in [0.1, 0.15) is 5.56 Å². The molecule has 0 saturated heterocycles. The van der Waals surface area contributed by atoms with Gasteiger partial charge in [-0.05, 0) is 18.1 Å². The first-order chi connectivity index (χ1) is 7.27. The predicted molar refractivity (Wildman–Crippen MR) is 57.8 cm³/mol. The highest BCUT2D eigenvalue weighted by Crippen LogP contribution is 2.18. The normalized spacial score (nSPS) is 12.5. The summed E-state index contributed by atoms with van der Waals surface area (Å²) < 4.78 is 5.34. The molecular weight excluding hydrogens is 194 g/mol. The third kappa shape index (κ3) is 3.87. The van der Waals surface area contributed by atoms with Crippen LogP contribution in [0.3, 0.4) is 0 Å². The zero-order valence-corrected chi connectivity index (χ0v) is 8.60. The molecule has 0 amide bonds. The maximum absolute atomic E-state index is 8.86. The second-order valence-electron chi connectivity index (χ2n) is 3.33. The molecule has 0 heterocycles. The Morgan fingerprint density at radius 1 is 1.27 bits per heavy atom. The fourth-order valence-corrected chi connectivity index (χ4v) is 1.32. The lowest BCUT2D eigenvalue weighted by molar-refractivity contribution is 0.199. The molecule has 1 aromatic carbocycles. The number of hydrogen-bond acceptors (Lipinski definition) is 4. The molecule has 4 nitrogen and oxygen atoms in total. The van der Waals surface area contributed by atoms with Crippen molar-refractivity contribution in [3.63, 3.8) is 0 Å². The van der Waals surface area contributed by atoms with E-state index >= 15 is 0 Å². The quantitative estimate of drug-likeness (QED) is 0.615. The first-order valence-electron chi connectivity index (χ1n) is 4.96. The van der Waals surface area contributed by atoms with Gasteiger partial charge >= 0.3 is 0 Å². The van der Waals surface area contributed by atoms with E-state index in [1.807, 2.05) is 24.3 Å². The Bertz CT molecular complexity index is 291. The fraction of sp³-hybridized carbons (Fsp3) is 0.455. The Labute approximate surface area is 89.3 Å². The summed E-state index contributed by atoms with van der Waals surface area (Å²) >= 11 is 0. The average molecular weight is 211 g/mol. The van der Waals surface area contributed by atoms with Crippen LogP contribution in [0.5, 0.6) is 5.75 Å². The SMILES string of the molecule is NC(CO)Cc1ccccc1OCCO. The van der Waals surface area contributed by atoms with Gasteiger partial charge < -0.3 is 20.7 Å². The monoisotopic (exact) mass is 211 g/mol. The molecule has 0 saturated carbocycles. The van der Waals surface area contributed by atoms with Gasteiger partial charge in [0.15, 0.2) is 0 Å². The summed E-state index contributed by atoms with van der Waals surface area (Å²) in [5.41, 5.74) is 6.60. The van der Waals surface area contributed by atoms with E-state index in [2.05, 4.69) is 0 Å². The van der Waals surface area contributed by atoms with Crippen molar-refractivity contribution in [1.29, 1.82) is 0 Å². The van der Waals surface area contributed by atoms with Crippen molar-refractivity contribution in [1.82, 2.24) is 0 Å². The van der Waals surface area contributed by atoms with Crippen LogP contribution < -0.4 is 10.5 Å². The van der Waals surface area contributed by atoms with Gasteiger partial charge in [0, 0.05) is 6.04 Å². The molecular formula is C11H17NO3. The maximum Gasteiger partial charge on any atom is 0.122 e. The Hall–Kier alpha value is -1.10. The molecule has 0 spiro atoms. The summed E-state index contributed by atoms with van der Waals surface area (Å²) in [6.07, 6.45) is 0.568. The van der Waals surface area contributed by atoms with Gasteiger partial charge in [-0.2, -0.15) is 0 Å². The molecule has 0 aliphatic carbocycles. The molecule has 0 aromatic heterocycles. The topological polar surface area (TPSA) is 75.7 Å². The van der Waals surface area contributed by atoms with Crippen molar-refractivity contribution in [2.45, 2.75) is 12.5 Å². The van der Waals surface area contributed by atoms with Gasteiger partial charge in [-0.1, -0.05) is 18.2 Å². The minimum atomic E-state index is -0.274. The second-order valence-corrected chi connectivity index (χ2v) is 3.33. The standard InChI is InChI=1S/C11H17NO3/c12-10(8-14)7-9-3-1-2-4-11(9)15-6-5-13/h1-4,10,13-14H,5-8,12H2. The highest BCUT2D eigenvalue weighted by Gasteiger charge is 2.07. The minimum absolute atomic E-state index is 0.0135. The molecule has 0 fully saturated rings. The first-order valence-corrected chi connectivity index (χ1v) is 4.96. The summed E-state index contributed by atoms with van der Waals surface area (Å²) in [6, 6.07) is 7.22. The predicted octanol–water partition coefficient (Wildman–Crippen LogP) is -0.0802. The van der Waals surface area contributed by atoms with Crippen molar-refractivity contribution < 1.29 is 14.9 Å². The summed E-state index contributed by atoms with van der Waals surface area (Å²) in [6.45, 7) is 0.208. The molecule has 1 aromatic rings. The van der Waals surface area contributed by atoms with Crippen molar-refractivity contribution in [3.05, 3.63) is 29.8 Å². The van der Waals surface area contributed by atoms with E-state index in [-0.39, 0.29) is 25.9 Å². The lowest BCUT2D eigenvalue weighted by Gasteiger charge is -2.13. The smallest absolute Gasteiger partial charge is 0.122 e. The fourth-order valence-electron chi connectivity index (χ4n) is 1.32. The number of aliphatic hydroxyl groups excluding tert-OH is 2. The van der Waals surface area contributed by atoms with Crippen molar-refractivity contribution in [2.75, 3.05) is 19.8 Å². The zero-order chi connectivity index (χ0) is 11.1. The van der Waals surface area contributed by atoms with Crippen LogP contribution >= 0.6 is 0 Å². The maximum atomic E-state index is 8.86. The highest BCUT2D eigenvalue weighted by molar-refractivity contribution is 5.33. The number of aliphatic hydroxyl groups is 2. The number of benzene rings is 1. The Balaban J connectivity index is 2.67. The van der Waals surface area contributed by atoms with Crippen LogP contribution in [0.4, 0.5) is 0 Å². The van der Waals surface area contributed by atoms with E-state index < -0.39 is 0 Å². The number of para-hydroxylation sites is 1. The van der Waals surface area contributed by atoms with Gasteiger partial charge in [0.2, 0.25) is 0 Å². The molecule has 0 bridgehead atoms. The lowest BCUT2D eigenvalue weighted by Crippen LogP contribution is -2.27. The zero-order valence-electron chi connectivity index (χ0n) is 8.60. The molecule has 1 rings (SSSR count). The van der Waals surface area contributed by atoms with Crippen LogP contribution in [0.25, 0.3) is 0 Å². The van der Waals surface area contributed by atoms with Crippen LogP contribution in [-0.2, 0) is 6.42 Å². The second kappa shape index (κ2) is 6.40. The minimum Gasteiger partial charge on any atom is -0.491 e. The molecule has 4 heteroatoms. The molecule has 0 aliphatic rings. The van der Waals surface area contributed by atoms with E-state index in [1.54, 1.807) is 0 Å². The summed E-state index contributed by atoms with van der Waals surface area (Å²) in [4.78, 5) is 0. The van der Waals surface area contributed by atoms with Crippen molar-refractivity contribution >= 4 is 0 Å². The Morgan fingerprint density at radius 3 is 2.67 bits per heavy atom. The average Bonchev–Trinajstić information content (AvgIpc) is 2.28. The van der Waals surface area contributed by atoms with Crippen LogP contribution in [0.15, 0.2) is 24.3 Å². The van der Waals surface area contributed by atoms with Gasteiger partial charge in [0.25, 0.3) is 0 Å². The van der Waals surface area contributed by atoms with Gasteiger partial charge in [0.1, 0.15) is 12.4 Å². The third-order valence-electron chi connectivity index (χ3n) is 2.04. The van der Waals surface area contributed by atoms with Crippen LogP contribution in [0, 0.1) is 0 Å². The molecule has 1 unspecified atom stereocenters. The molecule has 1 atom stereocenters. The lowest BCUT2D eigenvalue weighted by atomic mass is 10.1. The van der Waals surface area contributed by atoms with Crippen molar-refractivity contribution in [3.8, 4) is 5.75 Å². The third-order valence-corrected chi connectivity index (χ3v) is 2.04. The largest absolute Gasteiger partial charge is 0.491 e. The van der Waals surface area contributed by atoms with Crippen molar-refractivity contribution in [2.24, 2.45) is 5.73 Å². The first kappa shape index (κ1) is 12.0. The van der Waals surface area contributed by atoms with E-state index in [4.69, 9.17) is 20.7 Å². The Kier molecular flexibility index (Phi) is 5.10. The molecule has 84 valence electrons. The summed E-state index contributed by atoms with van der Waals surface area (Å²) in [5.74, 6) is 0.718. The molecule has 0 aliphatic heterocycles. The van der Waals surface area contributed by atoms with Gasteiger partial charge in [-0.3, -0.25) is 0 Å². The number of ether oxygens (including phenoxy) is 1. The van der Waals surface area contributed by atoms with Gasteiger partial charge in [-0.15, -0.1) is 0 Å². The highest BCUT2D eigenvalue weighted by atomic mass is 16.5. The number of rotatable bonds is 6. The van der Waals surface area contributed by atoms with E-state index in [0.29, 0.717) is 6.42 Å². The van der Waals surface area contributed by atoms with Gasteiger partial charge in [-0.25, -0.2) is 0 Å². The van der Waals surface area contributed by atoms with Gasteiger partial charge in [0.05, 0.1) is 13.2 Å². The summed E-state index contributed by atoms with van der Waals surface area (Å²) in [7, 11) is 0. The molecule has 4 N–H and O–H groups in total. The number of hydrogen-bond donors (Lipinski definition) is 3. The van der Waals surface area contributed by atoms with E-state index in [9.17, 15) is 0 Å². The number of nitrogens with two attached hydrogens (primary N) is 1. The molecule has 0 radical (unpaired) electrons. The van der Waals surface area contributed by atoms with E-state index in [0.717, 1.165) is 11.3 Å². The van der Waals surface area contributed by atoms with E-state index in [1.165, 1.54) is 0 Å².